The topological polar surface area (TPSA) is 80.5 Å². The van der Waals surface area contributed by atoms with Gasteiger partial charge in [0.05, 0.1) is 5.39 Å². The molecule has 0 atom stereocenters. The van der Waals surface area contributed by atoms with Crippen LogP contribution in [0, 0.1) is 0 Å². The van der Waals surface area contributed by atoms with Gasteiger partial charge in [0.2, 0.25) is 0 Å². The van der Waals surface area contributed by atoms with E-state index in [-0.39, 0.29) is 0 Å². The van der Waals surface area contributed by atoms with E-state index >= 15 is 0 Å². The number of nitrogens with zero attached hydrogens (tertiary/aromatic N) is 3. The van der Waals surface area contributed by atoms with Crippen molar-refractivity contribution < 1.29 is 0 Å². The van der Waals surface area contributed by atoms with E-state index in [1.54, 1.807) is 0 Å². The Bertz CT molecular complexity index is 929. The Morgan fingerprint density at radius 2 is 1.41 bits per heavy atom. The van der Waals surface area contributed by atoms with Crippen molar-refractivity contribution in [1.82, 2.24) is 20.4 Å². The van der Waals surface area contributed by atoms with Crippen LogP contribution < -0.4 is 5.73 Å². The molecule has 0 unspecified atom stereocenters. The predicted molar refractivity (Wildman–Crippen MR) is 87.0 cm³/mol. The number of rotatable bonds is 2. The molecule has 3 N–H and O–H groups in total. The van der Waals surface area contributed by atoms with Crippen LogP contribution in [0.2, 0.25) is 0 Å². The minimum absolute atomic E-state index is 0.400. The van der Waals surface area contributed by atoms with Gasteiger partial charge in [-0.25, -0.2) is 0 Å². The zero-order chi connectivity index (χ0) is 14.9. The standard InChI is InChI=1S/C17H13N5/c18-16-13(11-7-3-1-4-8-11)14-15(12-9-5-2-6-10-12)19-21-17(14)22-20-16/h1-10H,(H2,18,20)(H,19,21,22). The smallest absolute Gasteiger partial charge is 0.179 e. The summed E-state index contributed by atoms with van der Waals surface area (Å²) >= 11 is 0. The fourth-order valence-corrected chi connectivity index (χ4v) is 2.63. The van der Waals surface area contributed by atoms with E-state index in [0.717, 1.165) is 27.8 Å². The van der Waals surface area contributed by atoms with Gasteiger partial charge in [-0.15, -0.1) is 10.2 Å². The number of nitrogens with two attached hydrogens (primary N) is 1. The molecule has 0 spiro atoms. The summed E-state index contributed by atoms with van der Waals surface area (Å²) in [6.07, 6.45) is 0. The molecule has 0 aliphatic rings. The van der Waals surface area contributed by atoms with Gasteiger partial charge in [-0.2, -0.15) is 5.10 Å². The predicted octanol–water partition coefficient (Wildman–Crippen LogP) is 3.27. The van der Waals surface area contributed by atoms with E-state index in [2.05, 4.69) is 20.4 Å². The molecule has 4 rings (SSSR count). The highest BCUT2D eigenvalue weighted by Crippen LogP contribution is 2.36. The number of fused-ring (bicyclic) bond motifs is 1. The van der Waals surface area contributed by atoms with E-state index in [0.29, 0.717) is 11.5 Å². The summed E-state index contributed by atoms with van der Waals surface area (Å²) in [5.41, 5.74) is 10.4. The van der Waals surface area contributed by atoms with Gasteiger partial charge in [-0.3, -0.25) is 5.10 Å². The summed E-state index contributed by atoms with van der Waals surface area (Å²) in [5.74, 6) is 0.400. The van der Waals surface area contributed by atoms with Gasteiger partial charge in [0, 0.05) is 11.1 Å². The molecule has 0 aliphatic heterocycles. The lowest BCUT2D eigenvalue weighted by Crippen LogP contribution is -1.98. The summed E-state index contributed by atoms with van der Waals surface area (Å²) in [4.78, 5) is 0. The minimum atomic E-state index is 0.400. The molecule has 2 aromatic carbocycles. The summed E-state index contributed by atoms with van der Waals surface area (Å²) in [6, 6.07) is 19.9. The molecule has 0 radical (unpaired) electrons. The van der Waals surface area contributed by atoms with Gasteiger partial charge in [-0.05, 0) is 5.56 Å². The van der Waals surface area contributed by atoms with E-state index in [9.17, 15) is 0 Å². The van der Waals surface area contributed by atoms with Crippen molar-refractivity contribution in [2.75, 3.05) is 5.73 Å². The lowest BCUT2D eigenvalue weighted by Gasteiger charge is -2.07. The summed E-state index contributed by atoms with van der Waals surface area (Å²) in [5, 5.41) is 16.4. The fraction of sp³-hybridized carbons (Fsp3) is 0. The molecule has 22 heavy (non-hydrogen) atoms. The third-order valence-electron chi connectivity index (χ3n) is 3.62. The first-order chi connectivity index (χ1) is 10.8. The molecular formula is C17H13N5. The highest BCUT2D eigenvalue weighted by atomic mass is 15.2. The van der Waals surface area contributed by atoms with E-state index in [4.69, 9.17) is 5.73 Å². The molecule has 4 aromatic rings. The molecule has 0 amide bonds. The quantitative estimate of drug-likeness (QED) is 0.593. The monoisotopic (exact) mass is 287 g/mol. The van der Waals surface area contributed by atoms with Gasteiger partial charge in [0.15, 0.2) is 11.5 Å². The zero-order valence-electron chi connectivity index (χ0n) is 11.7. The molecule has 2 aromatic heterocycles. The first kappa shape index (κ1) is 12.5. The molecule has 0 bridgehead atoms. The van der Waals surface area contributed by atoms with Crippen LogP contribution in [0.3, 0.4) is 0 Å². The Morgan fingerprint density at radius 3 is 2.09 bits per heavy atom. The number of hydrogen-bond donors (Lipinski definition) is 2. The van der Waals surface area contributed by atoms with Gasteiger partial charge < -0.3 is 5.73 Å². The Morgan fingerprint density at radius 1 is 0.773 bits per heavy atom. The Kier molecular flexibility index (Phi) is 2.83. The Labute approximate surface area is 126 Å². The number of nitrogens with one attached hydrogen (secondary N) is 1. The van der Waals surface area contributed by atoms with Crippen molar-refractivity contribution in [1.29, 1.82) is 0 Å². The molecular weight excluding hydrogens is 274 g/mol. The second kappa shape index (κ2) is 4.96. The van der Waals surface area contributed by atoms with E-state index in [1.165, 1.54) is 0 Å². The molecule has 5 heteroatoms. The van der Waals surface area contributed by atoms with E-state index in [1.807, 2.05) is 60.7 Å². The largest absolute Gasteiger partial charge is 0.382 e. The van der Waals surface area contributed by atoms with Crippen LogP contribution in [0.1, 0.15) is 0 Å². The molecule has 0 saturated carbocycles. The first-order valence-corrected chi connectivity index (χ1v) is 6.95. The molecule has 0 aliphatic carbocycles. The third kappa shape index (κ3) is 1.91. The van der Waals surface area contributed by atoms with Crippen molar-refractivity contribution in [2.24, 2.45) is 0 Å². The number of anilines is 1. The Hall–Kier alpha value is -3.21. The number of hydrogen-bond acceptors (Lipinski definition) is 4. The zero-order valence-corrected chi connectivity index (χ0v) is 11.7. The van der Waals surface area contributed by atoms with E-state index < -0.39 is 0 Å². The van der Waals surface area contributed by atoms with Crippen LogP contribution >= 0.6 is 0 Å². The normalized spacial score (nSPS) is 10.9. The van der Waals surface area contributed by atoms with Crippen molar-refractivity contribution in [3.63, 3.8) is 0 Å². The Balaban J connectivity index is 2.08. The molecule has 106 valence electrons. The van der Waals surface area contributed by atoms with Crippen molar-refractivity contribution in [3.8, 4) is 22.4 Å². The second-order valence-electron chi connectivity index (χ2n) is 4.99. The number of H-pyrrole nitrogens is 1. The maximum Gasteiger partial charge on any atom is 0.179 e. The van der Waals surface area contributed by atoms with Crippen LogP contribution in [0.5, 0.6) is 0 Å². The highest BCUT2D eigenvalue weighted by Gasteiger charge is 2.17. The number of benzene rings is 2. The summed E-state index contributed by atoms with van der Waals surface area (Å²) in [6.45, 7) is 0. The number of aromatic nitrogens is 4. The third-order valence-corrected chi connectivity index (χ3v) is 3.62. The van der Waals surface area contributed by atoms with Crippen molar-refractivity contribution in [2.45, 2.75) is 0 Å². The molecule has 5 nitrogen and oxygen atoms in total. The van der Waals surface area contributed by atoms with Crippen LogP contribution in [-0.2, 0) is 0 Å². The maximum absolute atomic E-state index is 6.11. The first-order valence-electron chi connectivity index (χ1n) is 6.95. The molecule has 2 heterocycles. The van der Waals surface area contributed by atoms with Crippen LogP contribution in [0.25, 0.3) is 33.4 Å². The van der Waals surface area contributed by atoms with Crippen molar-refractivity contribution >= 4 is 16.9 Å². The summed E-state index contributed by atoms with van der Waals surface area (Å²) < 4.78 is 0. The highest BCUT2D eigenvalue weighted by molar-refractivity contribution is 6.05. The van der Waals surface area contributed by atoms with Crippen LogP contribution in [0.15, 0.2) is 60.7 Å². The van der Waals surface area contributed by atoms with Gasteiger partial charge in [0.25, 0.3) is 0 Å². The average molecular weight is 287 g/mol. The van der Waals surface area contributed by atoms with Gasteiger partial charge >= 0.3 is 0 Å². The van der Waals surface area contributed by atoms with Gasteiger partial charge in [-0.1, -0.05) is 60.7 Å². The lowest BCUT2D eigenvalue weighted by molar-refractivity contribution is 1.03. The maximum atomic E-state index is 6.11. The van der Waals surface area contributed by atoms with Gasteiger partial charge in [0.1, 0.15) is 5.69 Å². The van der Waals surface area contributed by atoms with Crippen LogP contribution in [-0.4, -0.2) is 20.4 Å². The molecule has 0 saturated heterocycles. The minimum Gasteiger partial charge on any atom is -0.382 e. The van der Waals surface area contributed by atoms with Crippen LogP contribution in [0.4, 0.5) is 5.82 Å². The lowest BCUT2D eigenvalue weighted by atomic mass is 10.00. The SMILES string of the molecule is Nc1nnc2[nH]nc(-c3ccccc3)c2c1-c1ccccc1. The fourth-order valence-electron chi connectivity index (χ4n) is 2.63. The number of aromatic amines is 1. The molecule has 0 fully saturated rings. The number of nitrogen functional groups attached to an aromatic ring is 1. The van der Waals surface area contributed by atoms with Crippen molar-refractivity contribution in [3.05, 3.63) is 60.7 Å². The summed E-state index contributed by atoms with van der Waals surface area (Å²) in [7, 11) is 0. The average Bonchev–Trinajstić information content (AvgIpc) is 3.00. The second-order valence-corrected chi connectivity index (χ2v) is 4.99.